The number of nitrogens with zero attached hydrogens (tertiary/aromatic N) is 1. The number of fused-ring (bicyclic) bond motifs is 2. The van der Waals surface area contributed by atoms with Gasteiger partial charge in [-0.3, -0.25) is 0 Å². The molecule has 2 heterocycles. The van der Waals surface area contributed by atoms with E-state index in [9.17, 15) is 18.4 Å². The zero-order chi connectivity index (χ0) is 15.9. The van der Waals surface area contributed by atoms with Crippen molar-refractivity contribution in [2.45, 2.75) is 57.0 Å². The lowest BCUT2D eigenvalue weighted by atomic mass is 9.79. The van der Waals surface area contributed by atoms with E-state index in [1.165, 1.54) is 17.2 Å². The van der Waals surface area contributed by atoms with Crippen LogP contribution in [-0.4, -0.2) is 28.5 Å². The number of hydrogen-bond donors (Lipinski definition) is 1. The molecule has 0 radical (unpaired) electrons. The Morgan fingerprint density at radius 3 is 2.45 bits per heavy atom. The van der Waals surface area contributed by atoms with E-state index in [2.05, 4.69) is 6.92 Å². The van der Waals surface area contributed by atoms with Crippen LogP contribution in [0.5, 0.6) is 5.75 Å². The Bertz CT molecular complexity index is 517. The van der Waals surface area contributed by atoms with Gasteiger partial charge >= 0.3 is 6.18 Å². The number of piperidine rings is 2. The second-order valence-electron chi connectivity index (χ2n) is 6.39. The van der Waals surface area contributed by atoms with E-state index >= 15 is 0 Å². The van der Waals surface area contributed by atoms with E-state index in [1.54, 1.807) is 0 Å². The topological polar surface area (TPSA) is 32.7 Å². The minimum Gasteiger partial charge on any atom is -0.490 e. The summed E-state index contributed by atoms with van der Waals surface area (Å²) in [7, 11) is 0. The van der Waals surface area contributed by atoms with Gasteiger partial charge in [-0.1, -0.05) is 6.92 Å². The van der Waals surface area contributed by atoms with Crippen LogP contribution in [0.15, 0.2) is 24.3 Å². The van der Waals surface area contributed by atoms with Crippen LogP contribution in [-0.2, 0) is 6.18 Å². The van der Waals surface area contributed by atoms with Gasteiger partial charge in [0.1, 0.15) is 11.9 Å². The predicted molar refractivity (Wildman–Crippen MR) is 74.7 cm³/mol. The highest BCUT2D eigenvalue weighted by Crippen LogP contribution is 2.37. The predicted octanol–water partition coefficient (Wildman–Crippen LogP) is 4.10. The van der Waals surface area contributed by atoms with Gasteiger partial charge in [-0.15, -0.1) is 0 Å². The monoisotopic (exact) mass is 315 g/mol. The normalized spacial score (nSPS) is 32.8. The number of hydrogen-bond acceptors (Lipinski definition) is 3. The van der Waals surface area contributed by atoms with E-state index < -0.39 is 11.7 Å². The van der Waals surface area contributed by atoms with Gasteiger partial charge in [-0.2, -0.15) is 18.2 Å². The zero-order valence-electron chi connectivity index (χ0n) is 12.4. The maximum absolute atomic E-state index is 12.5. The first-order valence-electron chi connectivity index (χ1n) is 7.65. The van der Waals surface area contributed by atoms with Crippen LogP contribution in [0.1, 0.15) is 38.2 Å². The molecule has 2 fully saturated rings. The van der Waals surface area contributed by atoms with Gasteiger partial charge in [0.15, 0.2) is 0 Å². The lowest BCUT2D eigenvalue weighted by Crippen LogP contribution is -2.55. The summed E-state index contributed by atoms with van der Waals surface area (Å²) in [6.45, 7) is 2.12. The summed E-state index contributed by atoms with van der Waals surface area (Å²) < 4.78 is 43.5. The highest BCUT2D eigenvalue weighted by atomic mass is 19.4. The van der Waals surface area contributed by atoms with Crippen LogP contribution in [0.25, 0.3) is 0 Å². The smallest absolute Gasteiger partial charge is 0.416 e. The fraction of sp³-hybridized carbons (Fsp3) is 0.625. The Hall–Kier alpha value is -1.27. The third kappa shape index (κ3) is 3.08. The molecule has 1 aromatic rings. The largest absolute Gasteiger partial charge is 0.490 e. The number of benzene rings is 1. The Morgan fingerprint density at radius 1 is 1.14 bits per heavy atom. The molecule has 2 aliphatic rings. The summed E-state index contributed by atoms with van der Waals surface area (Å²) in [5, 5.41) is 11.6. The number of halogens is 3. The molecule has 1 aromatic carbocycles. The molecule has 122 valence electrons. The highest BCUT2D eigenvalue weighted by molar-refractivity contribution is 5.29. The molecule has 0 amide bonds. The minimum absolute atomic E-state index is 0.0575. The molecule has 3 rings (SSSR count). The molecule has 6 heteroatoms. The van der Waals surface area contributed by atoms with Crippen LogP contribution in [0.4, 0.5) is 13.2 Å². The second-order valence-corrected chi connectivity index (χ2v) is 6.39. The van der Waals surface area contributed by atoms with Gasteiger partial charge in [0.25, 0.3) is 0 Å². The van der Waals surface area contributed by atoms with Crippen LogP contribution in [0, 0.1) is 5.92 Å². The van der Waals surface area contributed by atoms with Gasteiger partial charge in [0, 0.05) is 24.9 Å². The number of hydroxylamine groups is 2. The van der Waals surface area contributed by atoms with Gasteiger partial charge in [-0.25, -0.2) is 0 Å². The van der Waals surface area contributed by atoms with E-state index in [0.717, 1.165) is 25.0 Å². The maximum Gasteiger partial charge on any atom is 0.416 e. The SMILES string of the molecule is C[C@@H]1CC[C@H]2C[C@@H](Oc3ccc(C(F)(F)F)cc3)C[C@@H]1N2O. The molecule has 1 N–H and O–H groups in total. The minimum atomic E-state index is -4.33. The van der Waals surface area contributed by atoms with Crippen molar-refractivity contribution in [1.29, 1.82) is 0 Å². The number of ether oxygens (including phenoxy) is 1. The van der Waals surface area contributed by atoms with Crippen LogP contribution in [0.2, 0.25) is 0 Å². The van der Waals surface area contributed by atoms with Gasteiger partial charge in [0.2, 0.25) is 0 Å². The Kier molecular flexibility index (Phi) is 4.07. The van der Waals surface area contributed by atoms with E-state index in [0.29, 0.717) is 24.5 Å². The number of rotatable bonds is 2. The van der Waals surface area contributed by atoms with Crippen LogP contribution >= 0.6 is 0 Å². The molecular weight excluding hydrogens is 295 g/mol. The molecule has 0 spiro atoms. The molecule has 0 saturated carbocycles. The lowest BCUT2D eigenvalue weighted by molar-refractivity contribution is -0.220. The van der Waals surface area contributed by atoms with Gasteiger partial charge < -0.3 is 9.94 Å². The summed E-state index contributed by atoms with van der Waals surface area (Å²) in [6.07, 6.45) is -0.943. The first kappa shape index (κ1) is 15.6. The summed E-state index contributed by atoms with van der Waals surface area (Å²) in [5.41, 5.74) is -0.671. The summed E-state index contributed by atoms with van der Waals surface area (Å²) in [5.74, 6) is 0.857. The van der Waals surface area contributed by atoms with Crippen molar-refractivity contribution in [2.75, 3.05) is 0 Å². The third-order valence-electron chi connectivity index (χ3n) is 4.85. The molecule has 0 unspecified atom stereocenters. The highest BCUT2D eigenvalue weighted by Gasteiger charge is 2.42. The quantitative estimate of drug-likeness (QED) is 0.891. The lowest BCUT2D eigenvalue weighted by Gasteiger charge is -2.47. The van der Waals surface area contributed by atoms with Crippen molar-refractivity contribution < 1.29 is 23.1 Å². The molecule has 3 nitrogen and oxygen atoms in total. The first-order valence-corrected chi connectivity index (χ1v) is 7.65. The first-order chi connectivity index (χ1) is 10.3. The molecule has 2 saturated heterocycles. The molecule has 2 aliphatic heterocycles. The van der Waals surface area contributed by atoms with Crippen molar-refractivity contribution in [2.24, 2.45) is 5.92 Å². The zero-order valence-corrected chi connectivity index (χ0v) is 12.4. The van der Waals surface area contributed by atoms with Crippen molar-refractivity contribution in [1.82, 2.24) is 5.06 Å². The standard InChI is InChI=1S/C16H20F3NO2/c1-10-2-5-12-8-14(9-15(10)20(12)21)22-13-6-3-11(4-7-13)16(17,18)19/h3-4,6-7,10,12,14-15,21H,2,5,8-9H2,1H3/t10-,12+,14-,15+/m1/s1. The maximum atomic E-state index is 12.5. The molecule has 0 aliphatic carbocycles. The fourth-order valence-corrected chi connectivity index (χ4v) is 3.56. The Labute approximate surface area is 127 Å². The molecule has 22 heavy (non-hydrogen) atoms. The Morgan fingerprint density at radius 2 is 1.82 bits per heavy atom. The summed E-state index contributed by atoms with van der Waals surface area (Å²) >= 11 is 0. The van der Waals surface area contributed by atoms with Gasteiger partial charge in [0.05, 0.1) is 5.56 Å². The molecule has 2 bridgehead atoms. The van der Waals surface area contributed by atoms with E-state index in [1.807, 2.05) is 0 Å². The summed E-state index contributed by atoms with van der Waals surface area (Å²) in [4.78, 5) is 0. The number of alkyl halides is 3. The van der Waals surface area contributed by atoms with Crippen molar-refractivity contribution >= 4 is 0 Å². The van der Waals surface area contributed by atoms with Gasteiger partial charge in [-0.05, 0) is 43.0 Å². The second kappa shape index (κ2) is 5.74. The third-order valence-corrected chi connectivity index (χ3v) is 4.85. The average molecular weight is 315 g/mol. The average Bonchev–Trinajstić information content (AvgIpc) is 2.44. The molecule has 4 atom stereocenters. The molecular formula is C16H20F3NO2. The fourth-order valence-electron chi connectivity index (χ4n) is 3.56. The van der Waals surface area contributed by atoms with E-state index in [-0.39, 0.29) is 18.2 Å². The van der Waals surface area contributed by atoms with E-state index in [4.69, 9.17) is 4.74 Å². The van der Waals surface area contributed by atoms with Crippen molar-refractivity contribution in [3.8, 4) is 5.75 Å². The van der Waals surface area contributed by atoms with Crippen molar-refractivity contribution in [3.63, 3.8) is 0 Å². The molecule has 0 aromatic heterocycles. The van der Waals surface area contributed by atoms with Crippen molar-refractivity contribution in [3.05, 3.63) is 29.8 Å². The summed E-state index contributed by atoms with van der Waals surface area (Å²) in [6, 6.07) is 4.99. The van der Waals surface area contributed by atoms with Crippen LogP contribution < -0.4 is 4.74 Å². The van der Waals surface area contributed by atoms with Crippen LogP contribution in [0.3, 0.4) is 0 Å². The Balaban J connectivity index is 1.66.